The number of aryl methyl sites for hydroxylation is 2. The summed E-state index contributed by atoms with van der Waals surface area (Å²) >= 11 is 0. The van der Waals surface area contributed by atoms with Crippen LogP contribution in [0.15, 0.2) is 71.6 Å². The fraction of sp³-hybridized carbons (Fsp3) is 0.406. The minimum absolute atomic E-state index is 0.0181. The van der Waals surface area contributed by atoms with Crippen molar-refractivity contribution in [3.05, 3.63) is 94.8 Å². The largest absolute Gasteiger partial charge is 0.489 e. The first kappa shape index (κ1) is 29.8. The molecule has 0 bridgehead atoms. The first-order valence-corrected chi connectivity index (χ1v) is 17.8. The number of rotatable bonds is 7. The lowest BCUT2D eigenvalue weighted by atomic mass is 9.78. The second-order valence-corrected chi connectivity index (χ2v) is 16.2. The Kier molecular flexibility index (Phi) is 7.85. The van der Waals surface area contributed by atoms with Crippen molar-refractivity contribution in [2.24, 2.45) is 0 Å². The van der Waals surface area contributed by atoms with E-state index in [4.69, 9.17) is 4.74 Å². The molecule has 0 N–H and O–H groups in total. The molecule has 0 unspecified atom stereocenters. The van der Waals surface area contributed by atoms with Crippen LogP contribution in [0.3, 0.4) is 0 Å². The standard InChI is InChI=1S/C32H35FN2O6S2/c1-23-6-5-9-29(33)27(23)22-41-25-11-12-28-24(20-25)10-13-30-32(28,43(39,40)26-7-3-2-4-8-26)14-15-35(30)31(36)21-34-16-18-42(37,38)19-17-34/h2-9,11-12,20,30H,10,13-19,21-22H2,1H3/t30-,32-/m1/s1. The molecule has 2 heterocycles. The van der Waals surface area contributed by atoms with E-state index in [1.54, 1.807) is 53.4 Å². The molecule has 0 saturated carbocycles. The van der Waals surface area contributed by atoms with E-state index in [1.807, 2.05) is 24.0 Å². The number of benzene rings is 3. The van der Waals surface area contributed by atoms with Crippen LogP contribution in [-0.4, -0.2) is 76.3 Å². The normalized spacial score (nSPS) is 23.4. The minimum atomic E-state index is -3.95. The topological polar surface area (TPSA) is 101 Å². The summed E-state index contributed by atoms with van der Waals surface area (Å²) in [5.41, 5.74) is 2.77. The van der Waals surface area contributed by atoms with Crippen molar-refractivity contribution in [1.82, 2.24) is 9.80 Å². The number of hydrogen-bond acceptors (Lipinski definition) is 7. The highest BCUT2D eigenvalue weighted by Crippen LogP contribution is 2.53. The van der Waals surface area contributed by atoms with E-state index >= 15 is 0 Å². The second-order valence-electron chi connectivity index (χ2n) is 11.7. The van der Waals surface area contributed by atoms with Gasteiger partial charge in [-0.05, 0) is 73.2 Å². The van der Waals surface area contributed by atoms with Gasteiger partial charge in [-0.25, -0.2) is 21.2 Å². The van der Waals surface area contributed by atoms with E-state index in [0.29, 0.717) is 29.7 Å². The highest BCUT2D eigenvalue weighted by atomic mass is 32.2. The van der Waals surface area contributed by atoms with Crippen LogP contribution in [0.1, 0.15) is 35.1 Å². The molecule has 2 fully saturated rings. The first-order chi connectivity index (χ1) is 20.5. The molecule has 3 aromatic carbocycles. The van der Waals surface area contributed by atoms with Gasteiger partial charge in [0.2, 0.25) is 5.91 Å². The zero-order valence-electron chi connectivity index (χ0n) is 24.0. The van der Waals surface area contributed by atoms with Crippen LogP contribution >= 0.6 is 0 Å². The summed E-state index contributed by atoms with van der Waals surface area (Å²) in [7, 11) is -7.03. The number of ether oxygens (including phenoxy) is 1. The minimum Gasteiger partial charge on any atom is -0.489 e. The molecule has 1 aliphatic carbocycles. The van der Waals surface area contributed by atoms with Crippen molar-refractivity contribution < 1.29 is 30.8 Å². The van der Waals surface area contributed by atoms with Crippen LogP contribution in [0, 0.1) is 12.7 Å². The Labute approximate surface area is 252 Å². The maximum atomic E-state index is 14.6. The van der Waals surface area contributed by atoms with E-state index in [2.05, 4.69) is 0 Å². The molecule has 8 nitrogen and oxygen atoms in total. The fourth-order valence-corrected chi connectivity index (χ4v) is 10.6. The monoisotopic (exact) mass is 626 g/mol. The van der Waals surface area contributed by atoms with Gasteiger partial charge in [0.15, 0.2) is 19.7 Å². The summed E-state index contributed by atoms with van der Waals surface area (Å²) in [6.07, 6.45) is 1.25. The number of halogens is 1. The van der Waals surface area contributed by atoms with Gasteiger partial charge in [-0.3, -0.25) is 9.69 Å². The van der Waals surface area contributed by atoms with Crippen molar-refractivity contribution in [3.63, 3.8) is 0 Å². The molecule has 3 aliphatic rings. The number of amides is 1. The molecule has 0 aromatic heterocycles. The molecule has 3 aromatic rings. The van der Waals surface area contributed by atoms with Gasteiger partial charge in [0.25, 0.3) is 0 Å². The van der Waals surface area contributed by atoms with E-state index in [1.165, 1.54) is 6.07 Å². The second kappa shape index (κ2) is 11.3. The third-order valence-electron chi connectivity index (χ3n) is 9.24. The number of likely N-dealkylation sites (tertiary alicyclic amines) is 1. The number of carbonyl (C=O) groups is 1. The van der Waals surface area contributed by atoms with Crippen LogP contribution in [0.25, 0.3) is 0 Å². The Morgan fingerprint density at radius 3 is 2.49 bits per heavy atom. The van der Waals surface area contributed by atoms with Crippen LogP contribution in [0.5, 0.6) is 5.75 Å². The highest BCUT2D eigenvalue weighted by molar-refractivity contribution is 7.92. The lowest BCUT2D eigenvalue weighted by Crippen LogP contribution is -2.54. The molecule has 1 amide bonds. The molecule has 43 heavy (non-hydrogen) atoms. The van der Waals surface area contributed by atoms with Crippen LogP contribution in [0.4, 0.5) is 4.39 Å². The lowest BCUT2D eigenvalue weighted by molar-refractivity contribution is -0.133. The fourth-order valence-electron chi connectivity index (χ4n) is 6.90. The average Bonchev–Trinajstić information content (AvgIpc) is 3.40. The summed E-state index contributed by atoms with van der Waals surface area (Å²) in [4.78, 5) is 17.4. The van der Waals surface area contributed by atoms with Gasteiger partial charge in [-0.15, -0.1) is 0 Å². The van der Waals surface area contributed by atoms with E-state index < -0.39 is 30.5 Å². The van der Waals surface area contributed by atoms with E-state index in [-0.39, 0.29) is 67.3 Å². The van der Waals surface area contributed by atoms with Gasteiger partial charge in [0.05, 0.1) is 29.0 Å². The summed E-state index contributed by atoms with van der Waals surface area (Å²) in [5, 5.41) is 0. The Balaban J connectivity index is 1.33. The van der Waals surface area contributed by atoms with Gasteiger partial charge in [0, 0.05) is 25.2 Å². The highest BCUT2D eigenvalue weighted by Gasteiger charge is 2.60. The predicted molar refractivity (Wildman–Crippen MR) is 161 cm³/mol. The van der Waals surface area contributed by atoms with Crippen LogP contribution < -0.4 is 4.74 Å². The number of sulfone groups is 2. The van der Waals surface area contributed by atoms with Crippen molar-refractivity contribution in [2.45, 2.75) is 48.5 Å². The lowest BCUT2D eigenvalue weighted by Gasteiger charge is -2.43. The molecule has 2 aliphatic heterocycles. The van der Waals surface area contributed by atoms with E-state index in [0.717, 1.165) is 11.1 Å². The van der Waals surface area contributed by atoms with Gasteiger partial charge in [-0.2, -0.15) is 0 Å². The number of hydrogen-bond donors (Lipinski definition) is 0. The smallest absolute Gasteiger partial charge is 0.237 e. The molecular formula is C32H35FN2O6S2. The Morgan fingerprint density at radius 2 is 1.77 bits per heavy atom. The molecule has 11 heteroatoms. The number of carbonyl (C=O) groups excluding carboxylic acids is 1. The molecule has 2 atom stereocenters. The SMILES string of the molecule is Cc1cccc(F)c1COc1ccc2c(c1)CC[C@H]1N(C(=O)CN3CCS(=O)(=O)CC3)CC[C@@]21S(=O)(=O)c1ccccc1. The number of nitrogens with zero attached hydrogens (tertiary/aromatic N) is 2. The Hall–Kier alpha value is -3.28. The van der Waals surface area contributed by atoms with Gasteiger partial charge in [0.1, 0.15) is 22.9 Å². The zero-order chi connectivity index (χ0) is 30.4. The van der Waals surface area contributed by atoms with Crippen LogP contribution in [0.2, 0.25) is 0 Å². The quantitative estimate of drug-likeness (QED) is 0.395. The summed E-state index contributed by atoms with van der Waals surface area (Å²) in [6.45, 7) is 2.80. The van der Waals surface area contributed by atoms with Crippen molar-refractivity contribution >= 4 is 25.6 Å². The average molecular weight is 627 g/mol. The van der Waals surface area contributed by atoms with Gasteiger partial charge >= 0.3 is 0 Å². The van der Waals surface area contributed by atoms with Gasteiger partial charge in [-0.1, -0.05) is 36.4 Å². The van der Waals surface area contributed by atoms with E-state index in [9.17, 15) is 26.0 Å². The third kappa shape index (κ3) is 5.36. The Bertz CT molecular complexity index is 1730. The summed E-state index contributed by atoms with van der Waals surface area (Å²) in [6, 6.07) is 18.1. The maximum absolute atomic E-state index is 14.6. The number of fused-ring (bicyclic) bond motifs is 3. The molecule has 6 rings (SSSR count). The predicted octanol–water partition coefficient (Wildman–Crippen LogP) is 3.66. The van der Waals surface area contributed by atoms with Crippen LogP contribution in [-0.2, 0) is 42.2 Å². The van der Waals surface area contributed by atoms with Crippen molar-refractivity contribution in [2.75, 3.05) is 37.7 Å². The molecule has 2 saturated heterocycles. The molecule has 228 valence electrons. The van der Waals surface area contributed by atoms with Gasteiger partial charge < -0.3 is 9.64 Å². The summed E-state index contributed by atoms with van der Waals surface area (Å²) < 4.78 is 71.9. The summed E-state index contributed by atoms with van der Waals surface area (Å²) in [5.74, 6) is 0.0426. The molecule has 0 radical (unpaired) electrons. The van der Waals surface area contributed by atoms with Crippen molar-refractivity contribution in [3.8, 4) is 5.75 Å². The van der Waals surface area contributed by atoms with Crippen molar-refractivity contribution in [1.29, 1.82) is 0 Å². The third-order valence-corrected chi connectivity index (χ3v) is 13.4. The maximum Gasteiger partial charge on any atom is 0.237 e. The zero-order valence-corrected chi connectivity index (χ0v) is 25.7. The molecular weight excluding hydrogens is 591 g/mol. The Morgan fingerprint density at radius 1 is 1.02 bits per heavy atom. The first-order valence-electron chi connectivity index (χ1n) is 14.5. The molecule has 0 spiro atoms.